The summed E-state index contributed by atoms with van der Waals surface area (Å²) in [4.78, 5) is 27.4. The number of rotatable bonds is 4. The maximum atomic E-state index is 12.1. The molecule has 1 unspecified atom stereocenters. The van der Waals surface area contributed by atoms with Crippen molar-refractivity contribution in [1.29, 1.82) is 0 Å². The molecule has 0 saturated heterocycles. The van der Waals surface area contributed by atoms with Crippen molar-refractivity contribution in [1.82, 2.24) is 10.3 Å². The van der Waals surface area contributed by atoms with Gasteiger partial charge in [0.25, 0.3) is 0 Å². The summed E-state index contributed by atoms with van der Waals surface area (Å²) in [5.74, 6) is -0.0943. The zero-order valence-electron chi connectivity index (χ0n) is 13.5. The van der Waals surface area contributed by atoms with Crippen LogP contribution in [-0.4, -0.2) is 16.8 Å². The van der Waals surface area contributed by atoms with Gasteiger partial charge in [0.2, 0.25) is 11.8 Å². The normalized spacial score (nSPS) is 14.8. The highest BCUT2D eigenvalue weighted by molar-refractivity contribution is 5.94. The third kappa shape index (κ3) is 3.87. The predicted octanol–water partition coefficient (Wildman–Crippen LogP) is 2.86. The SMILES string of the molecule is CC(NC(=O)C=Cc1ccncc1)c1ccc2c(c1)CCC(=O)N2. The molecule has 2 aromatic rings. The molecule has 2 N–H and O–H groups in total. The van der Waals surface area contributed by atoms with E-state index in [4.69, 9.17) is 0 Å². The summed E-state index contributed by atoms with van der Waals surface area (Å²) in [6, 6.07) is 9.45. The Labute approximate surface area is 140 Å². The van der Waals surface area contributed by atoms with Crippen molar-refractivity contribution in [2.45, 2.75) is 25.8 Å². The molecule has 1 aliphatic heterocycles. The monoisotopic (exact) mass is 321 g/mol. The van der Waals surface area contributed by atoms with E-state index in [2.05, 4.69) is 15.6 Å². The topological polar surface area (TPSA) is 71.1 Å². The van der Waals surface area contributed by atoms with Crippen LogP contribution in [0.4, 0.5) is 5.69 Å². The van der Waals surface area contributed by atoms with Crippen molar-refractivity contribution < 1.29 is 9.59 Å². The first-order valence-corrected chi connectivity index (χ1v) is 7.93. The quantitative estimate of drug-likeness (QED) is 0.851. The van der Waals surface area contributed by atoms with Gasteiger partial charge in [0.1, 0.15) is 0 Å². The molecule has 0 fully saturated rings. The molecule has 1 aromatic carbocycles. The van der Waals surface area contributed by atoms with Gasteiger partial charge >= 0.3 is 0 Å². The number of aromatic nitrogens is 1. The number of amides is 2. The first-order chi connectivity index (χ1) is 11.6. The van der Waals surface area contributed by atoms with E-state index in [0.29, 0.717) is 6.42 Å². The Kier molecular flexibility index (Phi) is 4.70. The third-order valence-corrected chi connectivity index (χ3v) is 4.02. The lowest BCUT2D eigenvalue weighted by Gasteiger charge is -2.20. The summed E-state index contributed by atoms with van der Waals surface area (Å²) >= 11 is 0. The number of aryl methyl sites for hydroxylation is 1. The molecule has 1 aliphatic rings. The Morgan fingerprint density at radius 1 is 1.25 bits per heavy atom. The van der Waals surface area contributed by atoms with E-state index in [-0.39, 0.29) is 17.9 Å². The summed E-state index contributed by atoms with van der Waals surface area (Å²) < 4.78 is 0. The molecule has 24 heavy (non-hydrogen) atoms. The first-order valence-electron chi connectivity index (χ1n) is 7.93. The number of carbonyl (C=O) groups excluding carboxylic acids is 2. The van der Waals surface area contributed by atoms with Gasteiger partial charge in [-0.3, -0.25) is 14.6 Å². The molecule has 1 atom stereocenters. The molecule has 0 aliphatic carbocycles. The fourth-order valence-electron chi connectivity index (χ4n) is 2.66. The fraction of sp³-hybridized carbons (Fsp3) is 0.211. The second-order valence-electron chi connectivity index (χ2n) is 5.81. The second kappa shape index (κ2) is 7.08. The molecule has 0 saturated carbocycles. The van der Waals surface area contributed by atoms with Crippen LogP contribution in [0, 0.1) is 0 Å². The number of carbonyl (C=O) groups is 2. The van der Waals surface area contributed by atoms with E-state index in [1.807, 2.05) is 37.3 Å². The largest absolute Gasteiger partial charge is 0.346 e. The molecule has 122 valence electrons. The third-order valence-electron chi connectivity index (χ3n) is 4.02. The number of benzene rings is 1. The highest BCUT2D eigenvalue weighted by atomic mass is 16.2. The maximum Gasteiger partial charge on any atom is 0.244 e. The highest BCUT2D eigenvalue weighted by Crippen LogP contribution is 2.26. The molecule has 3 rings (SSSR count). The van der Waals surface area contributed by atoms with Crippen molar-refractivity contribution in [3.63, 3.8) is 0 Å². The summed E-state index contributed by atoms with van der Waals surface area (Å²) in [6.45, 7) is 1.95. The van der Waals surface area contributed by atoms with Gasteiger partial charge in [0.15, 0.2) is 0 Å². The van der Waals surface area contributed by atoms with Gasteiger partial charge in [0.05, 0.1) is 6.04 Å². The zero-order valence-corrected chi connectivity index (χ0v) is 13.5. The minimum atomic E-state index is -0.148. The van der Waals surface area contributed by atoms with Crippen LogP contribution in [0.5, 0.6) is 0 Å². The van der Waals surface area contributed by atoms with Crippen molar-refractivity contribution in [2.75, 3.05) is 5.32 Å². The van der Waals surface area contributed by atoms with Crippen LogP contribution in [0.25, 0.3) is 6.08 Å². The smallest absolute Gasteiger partial charge is 0.244 e. The van der Waals surface area contributed by atoms with Gasteiger partial charge in [-0.05, 0) is 54.3 Å². The van der Waals surface area contributed by atoms with Crippen molar-refractivity contribution in [3.05, 3.63) is 65.5 Å². The molecule has 5 nitrogen and oxygen atoms in total. The highest BCUT2D eigenvalue weighted by Gasteiger charge is 2.16. The van der Waals surface area contributed by atoms with Gasteiger partial charge in [-0.15, -0.1) is 0 Å². The minimum Gasteiger partial charge on any atom is -0.346 e. The fourth-order valence-corrected chi connectivity index (χ4v) is 2.66. The Hall–Kier alpha value is -2.95. The lowest BCUT2D eigenvalue weighted by Crippen LogP contribution is -2.25. The van der Waals surface area contributed by atoms with Crippen LogP contribution in [0.1, 0.15) is 36.1 Å². The molecular formula is C19H19N3O2. The molecule has 0 radical (unpaired) electrons. The molecule has 2 amide bonds. The first kappa shape index (κ1) is 15.9. The van der Waals surface area contributed by atoms with Crippen molar-refractivity contribution in [3.8, 4) is 0 Å². The molecule has 5 heteroatoms. The summed E-state index contributed by atoms with van der Waals surface area (Å²) in [7, 11) is 0. The molecular weight excluding hydrogens is 302 g/mol. The zero-order chi connectivity index (χ0) is 16.9. The minimum absolute atomic E-state index is 0.0536. The van der Waals surface area contributed by atoms with E-state index in [9.17, 15) is 9.59 Å². The summed E-state index contributed by atoms with van der Waals surface area (Å²) in [5.41, 5.74) is 3.93. The molecule has 1 aromatic heterocycles. The van der Waals surface area contributed by atoms with Gasteiger partial charge < -0.3 is 10.6 Å². The Balaban J connectivity index is 1.64. The van der Waals surface area contributed by atoms with Crippen LogP contribution in [0.3, 0.4) is 0 Å². The summed E-state index contributed by atoms with van der Waals surface area (Å²) in [6.07, 6.45) is 7.89. The van der Waals surface area contributed by atoms with Crippen LogP contribution in [0.2, 0.25) is 0 Å². The van der Waals surface area contributed by atoms with E-state index in [0.717, 1.165) is 28.8 Å². The van der Waals surface area contributed by atoms with Crippen LogP contribution < -0.4 is 10.6 Å². The van der Waals surface area contributed by atoms with E-state index in [1.54, 1.807) is 18.5 Å². The van der Waals surface area contributed by atoms with E-state index < -0.39 is 0 Å². The number of hydrogen-bond acceptors (Lipinski definition) is 3. The van der Waals surface area contributed by atoms with Gasteiger partial charge in [-0.2, -0.15) is 0 Å². The maximum absolute atomic E-state index is 12.1. The Morgan fingerprint density at radius 2 is 2.04 bits per heavy atom. The van der Waals surface area contributed by atoms with Crippen molar-refractivity contribution >= 4 is 23.6 Å². The number of pyridine rings is 1. The molecule has 2 heterocycles. The predicted molar refractivity (Wildman–Crippen MR) is 93.2 cm³/mol. The Morgan fingerprint density at radius 3 is 2.83 bits per heavy atom. The van der Waals surface area contributed by atoms with Crippen LogP contribution >= 0.6 is 0 Å². The molecule has 0 bridgehead atoms. The standard InChI is InChI=1S/C19H19N3O2/c1-13(21-18(23)6-2-14-8-10-20-11-9-14)15-3-5-17-16(12-15)4-7-19(24)22-17/h2-3,5-6,8-13H,4,7H2,1H3,(H,21,23)(H,22,24). The van der Waals surface area contributed by atoms with Gasteiger partial charge in [-0.1, -0.05) is 12.1 Å². The number of nitrogens with one attached hydrogen (secondary N) is 2. The van der Waals surface area contributed by atoms with Gasteiger partial charge in [0, 0.05) is 30.6 Å². The lowest BCUT2D eigenvalue weighted by molar-refractivity contribution is -0.117. The van der Waals surface area contributed by atoms with Crippen LogP contribution in [-0.2, 0) is 16.0 Å². The number of hydrogen-bond donors (Lipinski definition) is 2. The number of anilines is 1. The number of fused-ring (bicyclic) bond motifs is 1. The lowest BCUT2D eigenvalue weighted by atomic mass is 9.98. The average molecular weight is 321 g/mol. The van der Waals surface area contributed by atoms with E-state index in [1.165, 1.54) is 6.08 Å². The Bertz CT molecular complexity index is 784. The summed E-state index contributed by atoms with van der Waals surface area (Å²) in [5, 5.41) is 5.82. The van der Waals surface area contributed by atoms with Crippen molar-refractivity contribution in [2.24, 2.45) is 0 Å². The second-order valence-corrected chi connectivity index (χ2v) is 5.81. The van der Waals surface area contributed by atoms with E-state index >= 15 is 0 Å². The van der Waals surface area contributed by atoms with Gasteiger partial charge in [-0.25, -0.2) is 0 Å². The van der Waals surface area contributed by atoms with Crippen LogP contribution in [0.15, 0.2) is 48.8 Å². The number of nitrogens with zero attached hydrogens (tertiary/aromatic N) is 1. The molecule has 0 spiro atoms. The average Bonchev–Trinajstić information content (AvgIpc) is 2.60.